The van der Waals surface area contributed by atoms with Gasteiger partial charge in [0.2, 0.25) is 0 Å². The maximum Gasteiger partial charge on any atom is 0.255 e. The average molecular weight is 454 g/mol. The van der Waals surface area contributed by atoms with Gasteiger partial charge in [-0.2, -0.15) is 5.10 Å². The zero-order valence-corrected chi connectivity index (χ0v) is 19.3. The summed E-state index contributed by atoms with van der Waals surface area (Å²) in [6, 6.07) is 15.5. The highest BCUT2D eigenvalue weighted by molar-refractivity contribution is 6.04. The van der Waals surface area contributed by atoms with Crippen molar-refractivity contribution in [3.8, 4) is 16.9 Å². The summed E-state index contributed by atoms with van der Waals surface area (Å²) in [5.74, 6) is 0.708. The first kappa shape index (κ1) is 21.7. The number of carbonyl (C=O) groups excluding carboxylic acids is 1. The minimum atomic E-state index is -0.301. The highest BCUT2D eigenvalue weighted by Gasteiger charge is 2.16. The lowest BCUT2D eigenvalue weighted by Gasteiger charge is -2.18. The second kappa shape index (κ2) is 9.02. The van der Waals surface area contributed by atoms with Gasteiger partial charge in [-0.15, -0.1) is 0 Å². The molecular weight excluding hydrogens is 426 g/mol. The van der Waals surface area contributed by atoms with Crippen LogP contribution < -0.4 is 15.8 Å². The molecular formula is C27H27N5O2. The number of nitrogens with zero attached hydrogens (tertiary/aromatic N) is 3. The molecule has 1 unspecified atom stereocenters. The molecule has 3 N–H and O–H groups in total. The third kappa shape index (κ3) is 4.50. The van der Waals surface area contributed by atoms with E-state index in [1.165, 1.54) is 11.1 Å². The number of aryl methyl sites for hydroxylation is 3. The summed E-state index contributed by atoms with van der Waals surface area (Å²) >= 11 is 0. The Balaban J connectivity index is 1.31. The van der Waals surface area contributed by atoms with E-state index in [4.69, 9.17) is 10.5 Å². The fraction of sp³-hybridized carbons (Fsp3) is 0.222. The Hall–Kier alpha value is -4.13. The second-order valence-corrected chi connectivity index (χ2v) is 8.69. The number of anilines is 2. The molecule has 0 radical (unpaired) electrons. The first-order valence-electron chi connectivity index (χ1n) is 11.4. The SMILES string of the molecule is CC(Oc1cc(-c2cnn(C)c2)cnc1N)c1cccc(NC(=O)c2ccc3c(c2)CCC3)c1. The van der Waals surface area contributed by atoms with E-state index in [1.54, 1.807) is 17.1 Å². The Kier molecular flexibility index (Phi) is 5.76. The number of hydrogen-bond acceptors (Lipinski definition) is 5. The van der Waals surface area contributed by atoms with Crippen molar-refractivity contribution in [2.24, 2.45) is 7.05 Å². The molecule has 0 bridgehead atoms. The van der Waals surface area contributed by atoms with E-state index in [9.17, 15) is 4.79 Å². The number of rotatable bonds is 6. The number of amides is 1. The van der Waals surface area contributed by atoms with Crippen molar-refractivity contribution in [2.75, 3.05) is 11.1 Å². The van der Waals surface area contributed by atoms with Gasteiger partial charge in [0.05, 0.1) is 6.20 Å². The van der Waals surface area contributed by atoms with Gasteiger partial charge in [0.25, 0.3) is 5.91 Å². The van der Waals surface area contributed by atoms with Crippen molar-refractivity contribution in [1.29, 1.82) is 0 Å². The minimum absolute atomic E-state index is 0.113. The summed E-state index contributed by atoms with van der Waals surface area (Å²) in [7, 11) is 1.86. The second-order valence-electron chi connectivity index (χ2n) is 8.69. The highest BCUT2D eigenvalue weighted by Crippen LogP contribution is 2.31. The van der Waals surface area contributed by atoms with Gasteiger partial charge < -0.3 is 15.8 Å². The van der Waals surface area contributed by atoms with Crippen LogP contribution in [0.15, 0.2) is 67.1 Å². The molecule has 7 nitrogen and oxygen atoms in total. The molecule has 0 saturated carbocycles. The largest absolute Gasteiger partial charge is 0.482 e. The van der Waals surface area contributed by atoms with Crippen LogP contribution in [0, 0.1) is 0 Å². The Labute approximate surface area is 198 Å². The van der Waals surface area contributed by atoms with E-state index in [-0.39, 0.29) is 12.0 Å². The molecule has 5 rings (SSSR count). The first-order valence-corrected chi connectivity index (χ1v) is 11.4. The molecule has 0 aliphatic heterocycles. The summed E-state index contributed by atoms with van der Waals surface area (Å²) < 4.78 is 7.90. The van der Waals surface area contributed by atoms with Gasteiger partial charge in [-0.1, -0.05) is 18.2 Å². The van der Waals surface area contributed by atoms with Crippen molar-refractivity contribution >= 4 is 17.4 Å². The fourth-order valence-corrected chi connectivity index (χ4v) is 4.32. The smallest absolute Gasteiger partial charge is 0.255 e. The summed E-state index contributed by atoms with van der Waals surface area (Å²) in [5, 5.41) is 7.22. The van der Waals surface area contributed by atoms with Gasteiger partial charge in [-0.05, 0) is 73.2 Å². The Morgan fingerprint density at radius 1 is 1.09 bits per heavy atom. The third-order valence-electron chi connectivity index (χ3n) is 6.20. The Morgan fingerprint density at radius 3 is 2.76 bits per heavy atom. The quantitative estimate of drug-likeness (QED) is 0.431. The van der Waals surface area contributed by atoms with Gasteiger partial charge in [-0.25, -0.2) is 4.98 Å². The molecule has 172 valence electrons. The monoisotopic (exact) mass is 453 g/mol. The van der Waals surface area contributed by atoms with Crippen molar-refractivity contribution < 1.29 is 9.53 Å². The van der Waals surface area contributed by atoms with E-state index in [0.717, 1.165) is 36.0 Å². The molecule has 2 heterocycles. The van der Waals surface area contributed by atoms with Crippen molar-refractivity contribution in [3.63, 3.8) is 0 Å². The number of nitrogens with two attached hydrogens (primary N) is 1. The van der Waals surface area contributed by atoms with Crippen LogP contribution in [0.2, 0.25) is 0 Å². The normalized spacial score (nSPS) is 13.4. The maximum absolute atomic E-state index is 12.8. The number of nitrogens with one attached hydrogen (secondary N) is 1. The molecule has 2 aromatic heterocycles. The maximum atomic E-state index is 12.8. The first-order chi connectivity index (χ1) is 16.5. The average Bonchev–Trinajstić information content (AvgIpc) is 3.49. The topological polar surface area (TPSA) is 95.1 Å². The van der Waals surface area contributed by atoms with E-state index in [0.29, 0.717) is 22.8 Å². The van der Waals surface area contributed by atoms with Gasteiger partial charge in [0, 0.05) is 41.8 Å². The lowest BCUT2D eigenvalue weighted by Crippen LogP contribution is -2.13. The number of carbonyl (C=O) groups is 1. The molecule has 1 aliphatic rings. The fourth-order valence-electron chi connectivity index (χ4n) is 4.32. The standard InChI is InChI=1S/C27H27N5O2/c1-17(34-25-13-22(14-29-26(25)28)23-15-30-32(2)16-23)19-6-4-8-24(12-19)31-27(33)21-10-9-18-5-3-7-20(18)11-21/h4,6,8-17H,3,5,7H2,1-2H3,(H2,28,29)(H,31,33). The lowest BCUT2D eigenvalue weighted by atomic mass is 10.1. The number of aromatic nitrogens is 3. The van der Waals surface area contributed by atoms with Crippen molar-refractivity contribution in [1.82, 2.24) is 14.8 Å². The van der Waals surface area contributed by atoms with Crippen LogP contribution >= 0.6 is 0 Å². The predicted octanol–water partition coefficient (Wildman–Crippen LogP) is 4.95. The molecule has 7 heteroatoms. The van der Waals surface area contributed by atoms with E-state index in [2.05, 4.69) is 21.5 Å². The number of benzene rings is 2. The van der Waals surface area contributed by atoms with E-state index in [1.807, 2.05) is 62.6 Å². The van der Waals surface area contributed by atoms with Crippen LogP contribution in [0.3, 0.4) is 0 Å². The van der Waals surface area contributed by atoms with Crippen LogP contribution in [-0.4, -0.2) is 20.7 Å². The van der Waals surface area contributed by atoms with Crippen LogP contribution in [0.5, 0.6) is 5.75 Å². The molecule has 0 fully saturated rings. The van der Waals surface area contributed by atoms with E-state index >= 15 is 0 Å². The number of ether oxygens (including phenoxy) is 1. The van der Waals surface area contributed by atoms with E-state index < -0.39 is 0 Å². The van der Waals surface area contributed by atoms with Crippen LogP contribution in [0.25, 0.3) is 11.1 Å². The summed E-state index contributed by atoms with van der Waals surface area (Å²) in [6.45, 7) is 1.94. The molecule has 2 aromatic carbocycles. The van der Waals surface area contributed by atoms with Gasteiger partial charge in [-0.3, -0.25) is 9.48 Å². The van der Waals surface area contributed by atoms with Crippen molar-refractivity contribution in [2.45, 2.75) is 32.3 Å². The van der Waals surface area contributed by atoms with Gasteiger partial charge in [0.15, 0.2) is 11.6 Å². The third-order valence-corrected chi connectivity index (χ3v) is 6.20. The van der Waals surface area contributed by atoms with Crippen LogP contribution in [0.4, 0.5) is 11.5 Å². The van der Waals surface area contributed by atoms with Gasteiger partial charge >= 0.3 is 0 Å². The molecule has 0 saturated heterocycles. The Bertz CT molecular complexity index is 1360. The number of hydrogen-bond donors (Lipinski definition) is 2. The summed E-state index contributed by atoms with van der Waals surface area (Å²) in [5.41, 5.74) is 12.8. The highest BCUT2D eigenvalue weighted by atomic mass is 16.5. The van der Waals surface area contributed by atoms with Crippen LogP contribution in [-0.2, 0) is 19.9 Å². The summed E-state index contributed by atoms with van der Waals surface area (Å²) in [6.07, 6.45) is 8.39. The molecule has 1 atom stereocenters. The number of pyridine rings is 1. The Morgan fingerprint density at radius 2 is 1.94 bits per heavy atom. The predicted molar refractivity (Wildman–Crippen MR) is 133 cm³/mol. The number of nitrogen functional groups attached to an aromatic ring is 1. The molecule has 34 heavy (non-hydrogen) atoms. The molecule has 1 amide bonds. The molecule has 4 aromatic rings. The zero-order chi connectivity index (χ0) is 23.7. The summed E-state index contributed by atoms with van der Waals surface area (Å²) in [4.78, 5) is 17.1. The van der Waals surface area contributed by atoms with Crippen LogP contribution in [0.1, 0.15) is 46.5 Å². The minimum Gasteiger partial charge on any atom is -0.482 e. The lowest BCUT2D eigenvalue weighted by molar-refractivity contribution is 0.102. The zero-order valence-electron chi connectivity index (χ0n) is 19.3. The molecule has 0 spiro atoms. The van der Waals surface area contributed by atoms with Gasteiger partial charge in [0.1, 0.15) is 6.10 Å². The van der Waals surface area contributed by atoms with Crippen molar-refractivity contribution in [3.05, 3.63) is 89.4 Å². The molecule has 1 aliphatic carbocycles. The number of fused-ring (bicyclic) bond motifs is 1.